The molecule has 0 fully saturated rings. The zero-order valence-electron chi connectivity index (χ0n) is 13.3. The number of hydrogen-bond donors (Lipinski definition) is 2. The van der Waals surface area contributed by atoms with Gasteiger partial charge in [0.25, 0.3) is 0 Å². The third kappa shape index (κ3) is 6.23. The Morgan fingerprint density at radius 1 is 1.43 bits per heavy atom. The first-order chi connectivity index (χ1) is 9.79. The number of likely N-dealkylation sites (N-methyl/N-ethyl adjacent to an activating group) is 1. The predicted octanol–water partition coefficient (Wildman–Crippen LogP) is 1.83. The lowest BCUT2D eigenvalue weighted by Gasteiger charge is -2.18. The van der Waals surface area contributed by atoms with Crippen LogP contribution in [0.3, 0.4) is 0 Å². The number of benzene rings is 1. The molecule has 0 aromatic heterocycles. The smallest absolute Gasteiger partial charge is 0.234 e. The van der Waals surface area contributed by atoms with E-state index in [4.69, 9.17) is 18.0 Å². The summed E-state index contributed by atoms with van der Waals surface area (Å²) in [4.78, 5) is 14.2. The van der Waals surface area contributed by atoms with Gasteiger partial charge in [-0.25, -0.2) is 0 Å². The van der Waals surface area contributed by atoms with Crippen molar-refractivity contribution < 1.29 is 4.79 Å². The molecule has 0 aliphatic heterocycles. The van der Waals surface area contributed by atoms with Crippen LogP contribution >= 0.6 is 12.2 Å². The summed E-state index contributed by atoms with van der Waals surface area (Å²) in [5.74, 6) is 0.526. The van der Waals surface area contributed by atoms with E-state index in [9.17, 15) is 4.79 Å². The molecular formula is C16H25N3OS. The van der Waals surface area contributed by atoms with E-state index in [1.165, 1.54) is 5.56 Å². The number of aryl methyl sites for hydroxylation is 1. The lowest BCUT2D eigenvalue weighted by molar-refractivity contribution is -0.122. The zero-order chi connectivity index (χ0) is 16.0. The Kier molecular flexibility index (Phi) is 6.78. The van der Waals surface area contributed by atoms with Crippen molar-refractivity contribution in [3.8, 4) is 0 Å². The molecule has 0 bridgehead atoms. The molecule has 0 spiro atoms. The summed E-state index contributed by atoms with van der Waals surface area (Å²) in [7, 11) is 1.94. The molecule has 0 heterocycles. The van der Waals surface area contributed by atoms with Crippen LogP contribution in [0.5, 0.6) is 0 Å². The Morgan fingerprint density at radius 2 is 2.10 bits per heavy atom. The second kappa shape index (κ2) is 8.10. The number of nitrogens with one attached hydrogen (secondary N) is 1. The summed E-state index contributed by atoms with van der Waals surface area (Å²) in [5.41, 5.74) is 8.81. The van der Waals surface area contributed by atoms with Crippen molar-refractivity contribution in [3.05, 3.63) is 34.9 Å². The Hall–Kier alpha value is -1.46. The quantitative estimate of drug-likeness (QED) is 0.755. The van der Waals surface area contributed by atoms with Crippen LogP contribution in [-0.4, -0.2) is 35.9 Å². The topological polar surface area (TPSA) is 58.4 Å². The highest BCUT2D eigenvalue weighted by Crippen LogP contribution is 2.13. The lowest BCUT2D eigenvalue weighted by Crippen LogP contribution is -2.36. The first-order valence-electron chi connectivity index (χ1n) is 7.14. The van der Waals surface area contributed by atoms with Crippen molar-refractivity contribution >= 4 is 23.1 Å². The molecule has 3 N–H and O–H groups in total. The minimum atomic E-state index is 0.0589. The van der Waals surface area contributed by atoms with Gasteiger partial charge >= 0.3 is 0 Å². The number of hydrogen-bond acceptors (Lipinski definition) is 3. The highest BCUT2D eigenvalue weighted by molar-refractivity contribution is 7.80. The minimum Gasteiger partial charge on any atom is -0.389 e. The van der Waals surface area contributed by atoms with Gasteiger partial charge in [0.2, 0.25) is 5.91 Å². The average molecular weight is 307 g/mol. The van der Waals surface area contributed by atoms with Gasteiger partial charge in [0.05, 0.1) is 6.54 Å². The maximum absolute atomic E-state index is 11.8. The molecule has 1 aromatic carbocycles. The van der Waals surface area contributed by atoms with Gasteiger partial charge in [-0.2, -0.15) is 0 Å². The molecule has 1 aromatic rings. The maximum Gasteiger partial charge on any atom is 0.234 e. The standard InChI is InChI=1S/C16H25N3OS/c1-11(2)8-18-15(20)10-19(4)9-14-6-5-13(16(17)21)7-12(14)3/h5-7,11H,8-10H2,1-4H3,(H2,17,21)(H,18,20). The highest BCUT2D eigenvalue weighted by atomic mass is 32.1. The van der Waals surface area contributed by atoms with E-state index in [2.05, 4.69) is 19.2 Å². The van der Waals surface area contributed by atoms with Crippen LogP contribution in [-0.2, 0) is 11.3 Å². The number of rotatable bonds is 7. The SMILES string of the molecule is Cc1cc(C(N)=S)ccc1CN(C)CC(=O)NCC(C)C. The fourth-order valence-electron chi connectivity index (χ4n) is 1.99. The van der Waals surface area contributed by atoms with Gasteiger partial charge in [-0.05, 0) is 37.1 Å². The number of carbonyl (C=O) groups excluding carboxylic acids is 1. The summed E-state index contributed by atoms with van der Waals surface area (Å²) in [6.07, 6.45) is 0. The number of thiocarbonyl (C=S) groups is 1. The molecule has 0 unspecified atom stereocenters. The zero-order valence-corrected chi connectivity index (χ0v) is 14.1. The van der Waals surface area contributed by atoms with Crippen molar-refractivity contribution in [3.63, 3.8) is 0 Å². The van der Waals surface area contributed by atoms with E-state index in [1.54, 1.807) is 0 Å². The van der Waals surface area contributed by atoms with Gasteiger partial charge in [0, 0.05) is 18.7 Å². The normalized spacial score (nSPS) is 11.0. The Bertz CT molecular complexity index is 514. The number of nitrogens with two attached hydrogens (primary N) is 1. The molecule has 116 valence electrons. The van der Waals surface area contributed by atoms with Gasteiger partial charge in [0.15, 0.2) is 0 Å². The molecule has 21 heavy (non-hydrogen) atoms. The van der Waals surface area contributed by atoms with E-state index in [-0.39, 0.29) is 5.91 Å². The average Bonchev–Trinajstić information content (AvgIpc) is 2.38. The van der Waals surface area contributed by atoms with Crippen molar-refractivity contribution in [1.82, 2.24) is 10.2 Å². The van der Waals surface area contributed by atoms with Crippen molar-refractivity contribution in [2.45, 2.75) is 27.3 Å². The molecule has 0 aliphatic carbocycles. The molecule has 1 rings (SSSR count). The third-order valence-electron chi connectivity index (χ3n) is 3.19. The van der Waals surface area contributed by atoms with Crippen LogP contribution in [0.4, 0.5) is 0 Å². The molecule has 0 saturated carbocycles. The first kappa shape index (κ1) is 17.6. The maximum atomic E-state index is 11.8. The van der Waals surface area contributed by atoms with Gasteiger partial charge in [0.1, 0.15) is 4.99 Å². The van der Waals surface area contributed by atoms with Crippen LogP contribution in [0.1, 0.15) is 30.5 Å². The van der Waals surface area contributed by atoms with Crippen LogP contribution in [0.15, 0.2) is 18.2 Å². The molecule has 4 nitrogen and oxygen atoms in total. The molecular weight excluding hydrogens is 282 g/mol. The van der Waals surface area contributed by atoms with Crippen LogP contribution in [0.2, 0.25) is 0 Å². The van der Waals surface area contributed by atoms with E-state index < -0.39 is 0 Å². The second-order valence-electron chi connectivity index (χ2n) is 5.88. The van der Waals surface area contributed by atoms with Crippen LogP contribution in [0.25, 0.3) is 0 Å². The van der Waals surface area contributed by atoms with E-state index in [0.717, 1.165) is 17.7 Å². The van der Waals surface area contributed by atoms with Gasteiger partial charge in [-0.3, -0.25) is 9.69 Å². The largest absolute Gasteiger partial charge is 0.389 e. The van der Waals surface area contributed by atoms with E-state index in [0.29, 0.717) is 24.0 Å². The second-order valence-corrected chi connectivity index (χ2v) is 6.32. The fraction of sp³-hybridized carbons (Fsp3) is 0.500. The first-order valence-corrected chi connectivity index (χ1v) is 7.55. The number of amides is 1. The lowest BCUT2D eigenvalue weighted by atomic mass is 10.0. The summed E-state index contributed by atoms with van der Waals surface area (Å²) in [5, 5.41) is 2.92. The number of carbonyl (C=O) groups is 1. The summed E-state index contributed by atoms with van der Waals surface area (Å²) < 4.78 is 0. The molecule has 5 heteroatoms. The number of nitrogens with zero attached hydrogens (tertiary/aromatic N) is 1. The van der Waals surface area contributed by atoms with Gasteiger partial charge < -0.3 is 11.1 Å². The highest BCUT2D eigenvalue weighted by Gasteiger charge is 2.09. The fourth-order valence-corrected chi connectivity index (χ4v) is 2.12. The van der Waals surface area contributed by atoms with Crippen molar-refractivity contribution in [1.29, 1.82) is 0 Å². The molecule has 0 saturated heterocycles. The van der Waals surface area contributed by atoms with Crippen molar-refractivity contribution in [2.75, 3.05) is 20.1 Å². The van der Waals surface area contributed by atoms with Crippen LogP contribution < -0.4 is 11.1 Å². The van der Waals surface area contributed by atoms with Crippen LogP contribution in [0, 0.1) is 12.8 Å². The summed E-state index contributed by atoms with van der Waals surface area (Å²) >= 11 is 4.97. The Balaban J connectivity index is 2.56. The summed E-state index contributed by atoms with van der Waals surface area (Å²) in [6, 6.07) is 5.94. The Labute approximate surface area is 132 Å². The molecule has 0 atom stereocenters. The van der Waals surface area contributed by atoms with Gasteiger partial charge in [-0.15, -0.1) is 0 Å². The van der Waals surface area contributed by atoms with Gasteiger partial charge in [-0.1, -0.05) is 38.2 Å². The minimum absolute atomic E-state index is 0.0589. The predicted molar refractivity (Wildman–Crippen MR) is 91.2 cm³/mol. The molecule has 1 amide bonds. The van der Waals surface area contributed by atoms with Crippen molar-refractivity contribution in [2.24, 2.45) is 11.7 Å². The summed E-state index contributed by atoms with van der Waals surface area (Å²) in [6.45, 7) is 8.02. The van der Waals surface area contributed by atoms with E-state index in [1.807, 2.05) is 37.1 Å². The Morgan fingerprint density at radius 3 is 2.62 bits per heavy atom. The molecule has 0 aliphatic rings. The molecule has 0 radical (unpaired) electrons. The van der Waals surface area contributed by atoms with E-state index >= 15 is 0 Å². The third-order valence-corrected chi connectivity index (χ3v) is 3.42. The monoisotopic (exact) mass is 307 g/mol.